The maximum absolute atomic E-state index is 13.0. The van der Waals surface area contributed by atoms with Crippen molar-refractivity contribution in [3.63, 3.8) is 0 Å². The van der Waals surface area contributed by atoms with E-state index in [0.29, 0.717) is 32.6 Å². The predicted molar refractivity (Wildman–Crippen MR) is 179 cm³/mol. The van der Waals surface area contributed by atoms with Crippen LogP contribution in [-0.2, 0) is 28.9 Å². The van der Waals surface area contributed by atoms with Crippen LogP contribution >= 0.6 is 0 Å². The van der Waals surface area contributed by atoms with Gasteiger partial charge in [-0.3, -0.25) is 0 Å². The Kier molecular flexibility index (Phi) is 8.93. The van der Waals surface area contributed by atoms with Crippen molar-refractivity contribution < 1.29 is 18.8 Å². The van der Waals surface area contributed by atoms with Gasteiger partial charge in [0.05, 0.1) is 30.8 Å². The first-order valence-electron chi connectivity index (χ1n) is 15.4. The summed E-state index contributed by atoms with van der Waals surface area (Å²) in [5.74, 6) is 2.24. The van der Waals surface area contributed by atoms with Crippen LogP contribution in [0.25, 0.3) is 10.8 Å². The minimum Gasteiger partial charge on any atom is -0.609 e. The van der Waals surface area contributed by atoms with Crippen molar-refractivity contribution in [3.05, 3.63) is 78.0 Å². The number of para-hydroxylation sites is 1. The third kappa shape index (κ3) is 6.83. The molecule has 2 unspecified atom stereocenters. The third-order valence-electron chi connectivity index (χ3n) is 8.15. The Labute approximate surface area is 272 Å². The lowest BCUT2D eigenvalue weighted by Crippen LogP contribution is -2.56. The van der Waals surface area contributed by atoms with Crippen molar-refractivity contribution in [1.29, 1.82) is 5.26 Å². The molecular weight excluding hydrogens is 600 g/mol. The molecule has 1 saturated heterocycles. The van der Waals surface area contributed by atoms with Crippen molar-refractivity contribution in [1.82, 2.24) is 14.9 Å². The van der Waals surface area contributed by atoms with E-state index in [4.69, 9.17) is 19.4 Å². The van der Waals surface area contributed by atoms with Crippen LogP contribution < -0.4 is 14.5 Å². The summed E-state index contributed by atoms with van der Waals surface area (Å²) in [4.78, 5) is 28.7. The van der Waals surface area contributed by atoms with Gasteiger partial charge in [-0.15, -0.1) is 0 Å². The van der Waals surface area contributed by atoms with E-state index in [9.17, 15) is 14.6 Å². The Hall–Kier alpha value is -4.53. The zero-order valence-corrected chi connectivity index (χ0v) is 27.4. The Balaban J connectivity index is 1.32. The number of nitrogens with zero attached hydrogens (tertiary/aromatic N) is 6. The molecule has 238 valence electrons. The highest BCUT2D eigenvalue weighted by Crippen LogP contribution is 2.38. The lowest BCUT2D eigenvalue weighted by atomic mass is 10.0. The minimum absolute atomic E-state index is 0.165. The molecule has 2 aliphatic heterocycles. The zero-order chi connectivity index (χ0) is 32.4. The summed E-state index contributed by atoms with van der Waals surface area (Å²) in [7, 11) is 0. The average Bonchev–Trinajstić information content (AvgIpc) is 3.03. The summed E-state index contributed by atoms with van der Waals surface area (Å²) in [6.07, 6.45) is 2.00. The molecule has 0 N–H and O–H groups in total. The van der Waals surface area contributed by atoms with Crippen LogP contribution in [-0.4, -0.2) is 69.6 Å². The number of carbonyl (C=O) groups excluding carboxylic acids is 1. The number of nitriles is 1. The van der Waals surface area contributed by atoms with Crippen molar-refractivity contribution in [2.24, 2.45) is 0 Å². The fourth-order valence-corrected chi connectivity index (χ4v) is 6.54. The van der Waals surface area contributed by atoms with Gasteiger partial charge in [0.1, 0.15) is 29.2 Å². The maximum Gasteiger partial charge on any atom is 0.410 e. The molecule has 6 rings (SSSR count). The standard InChI is InChI=1S/C35H38N6O4S/c1-35(2,3)45-34(42)41-19-18-40(22-25(41)14-16-36)32-29-15-17-39(23-30(29)37-33(38-32)46(4)43)31-21-27(44-26-11-6-5-7-12-26)20-24-10-8-9-13-28(24)31/h5-13,20-21,25H,14-15,17-19,22-23H2,1-4H3. The van der Waals surface area contributed by atoms with E-state index < -0.39 is 22.9 Å². The first-order valence-corrected chi connectivity index (χ1v) is 17.0. The highest BCUT2D eigenvalue weighted by molar-refractivity contribution is 7.90. The second-order valence-electron chi connectivity index (χ2n) is 12.6. The van der Waals surface area contributed by atoms with E-state index in [2.05, 4.69) is 40.1 Å². The highest BCUT2D eigenvalue weighted by Gasteiger charge is 2.36. The Bertz CT molecular complexity index is 1770. The van der Waals surface area contributed by atoms with E-state index in [1.807, 2.05) is 63.2 Å². The van der Waals surface area contributed by atoms with Crippen molar-refractivity contribution in [3.8, 4) is 17.6 Å². The highest BCUT2D eigenvalue weighted by atomic mass is 32.2. The number of aromatic nitrogens is 2. The summed E-state index contributed by atoms with van der Waals surface area (Å²) >= 11 is -1.41. The molecule has 0 saturated carbocycles. The van der Waals surface area contributed by atoms with E-state index in [1.54, 1.807) is 11.2 Å². The van der Waals surface area contributed by atoms with Crippen LogP contribution in [0.15, 0.2) is 71.9 Å². The first kappa shape index (κ1) is 31.5. The van der Waals surface area contributed by atoms with Gasteiger partial charge in [-0.2, -0.15) is 15.2 Å². The number of benzene rings is 3. The number of anilines is 2. The number of amides is 1. The number of rotatable bonds is 6. The van der Waals surface area contributed by atoms with Gasteiger partial charge in [-0.25, -0.2) is 4.79 Å². The molecule has 1 amide bonds. The molecule has 2 atom stereocenters. The molecule has 2 aliphatic rings. The topological polar surface area (TPSA) is 118 Å². The second-order valence-corrected chi connectivity index (χ2v) is 13.9. The molecule has 46 heavy (non-hydrogen) atoms. The summed E-state index contributed by atoms with van der Waals surface area (Å²) in [6.45, 7) is 8.03. The lowest BCUT2D eigenvalue weighted by molar-refractivity contribution is 0.0144. The van der Waals surface area contributed by atoms with Crippen LogP contribution in [0.4, 0.5) is 16.3 Å². The lowest BCUT2D eigenvalue weighted by Gasteiger charge is -2.42. The van der Waals surface area contributed by atoms with Crippen LogP contribution in [0.3, 0.4) is 0 Å². The SMILES string of the molecule is C[S+]([O-])c1nc2c(c(N3CCN(C(=O)OC(C)(C)C)C(CC#N)C3)n1)CCN(c1cc(Oc3ccccc3)cc3ccccc13)C2. The number of hydrogen-bond acceptors (Lipinski definition) is 9. The van der Waals surface area contributed by atoms with Gasteiger partial charge in [0.25, 0.3) is 0 Å². The number of hydrogen-bond donors (Lipinski definition) is 0. The van der Waals surface area contributed by atoms with Gasteiger partial charge in [0, 0.05) is 60.1 Å². The van der Waals surface area contributed by atoms with Crippen molar-refractivity contribution in [2.45, 2.75) is 57.0 Å². The van der Waals surface area contributed by atoms with Gasteiger partial charge in [-0.05, 0) is 50.8 Å². The number of ether oxygens (including phenoxy) is 2. The summed E-state index contributed by atoms with van der Waals surface area (Å²) in [5.41, 5.74) is 2.23. The van der Waals surface area contributed by atoms with Gasteiger partial charge >= 0.3 is 11.2 Å². The van der Waals surface area contributed by atoms with Crippen LogP contribution in [0, 0.1) is 11.3 Å². The fourth-order valence-electron chi connectivity index (χ4n) is 6.08. The van der Waals surface area contributed by atoms with Crippen molar-refractivity contribution >= 4 is 39.5 Å². The zero-order valence-electron chi connectivity index (χ0n) is 26.6. The number of piperazine rings is 1. The monoisotopic (exact) mass is 638 g/mol. The third-order valence-corrected chi connectivity index (χ3v) is 8.85. The molecular formula is C35H38N6O4S. The summed E-state index contributed by atoms with van der Waals surface area (Å²) in [5, 5.41) is 12.1. The molecule has 3 heterocycles. The molecule has 10 nitrogen and oxygen atoms in total. The van der Waals surface area contributed by atoms with Gasteiger partial charge in [-0.1, -0.05) is 42.5 Å². The molecule has 3 aromatic carbocycles. The molecule has 0 radical (unpaired) electrons. The smallest absolute Gasteiger partial charge is 0.410 e. The molecule has 0 aliphatic carbocycles. The second kappa shape index (κ2) is 13.1. The van der Waals surface area contributed by atoms with E-state index in [0.717, 1.165) is 51.6 Å². The summed E-state index contributed by atoms with van der Waals surface area (Å²) in [6, 6.07) is 24.0. The van der Waals surface area contributed by atoms with E-state index in [1.165, 1.54) is 0 Å². The average molecular weight is 639 g/mol. The fraction of sp³-hybridized carbons (Fsp3) is 0.371. The van der Waals surface area contributed by atoms with E-state index >= 15 is 0 Å². The van der Waals surface area contributed by atoms with Gasteiger partial charge < -0.3 is 28.7 Å². The number of carbonyl (C=O) groups is 1. The molecule has 4 aromatic rings. The van der Waals surface area contributed by atoms with Gasteiger partial charge in [0.15, 0.2) is 0 Å². The minimum atomic E-state index is -1.41. The normalized spacial score (nSPS) is 17.3. The predicted octanol–water partition coefficient (Wildman–Crippen LogP) is 6.06. The van der Waals surface area contributed by atoms with Crippen molar-refractivity contribution in [2.75, 3.05) is 42.2 Å². The molecule has 0 spiro atoms. The largest absolute Gasteiger partial charge is 0.609 e. The molecule has 1 fully saturated rings. The Morgan fingerprint density at radius 1 is 1.02 bits per heavy atom. The summed E-state index contributed by atoms with van der Waals surface area (Å²) < 4.78 is 24.7. The van der Waals surface area contributed by atoms with Crippen LogP contribution in [0.2, 0.25) is 0 Å². The van der Waals surface area contributed by atoms with Crippen LogP contribution in [0.5, 0.6) is 11.5 Å². The molecule has 0 bridgehead atoms. The maximum atomic E-state index is 13.0. The Morgan fingerprint density at radius 3 is 2.52 bits per heavy atom. The van der Waals surface area contributed by atoms with Crippen LogP contribution in [0.1, 0.15) is 38.4 Å². The quantitative estimate of drug-likeness (QED) is 0.183. The first-order chi connectivity index (χ1) is 22.1. The van der Waals surface area contributed by atoms with Gasteiger partial charge in [0.2, 0.25) is 0 Å². The molecule has 11 heteroatoms. The number of fused-ring (bicyclic) bond motifs is 2. The Morgan fingerprint density at radius 2 is 1.78 bits per heavy atom. The van der Waals surface area contributed by atoms with E-state index in [-0.39, 0.29) is 17.6 Å². The molecule has 1 aromatic heterocycles.